The van der Waals surface area contributed by atoms with Gasteiger partial charge in [0.2, 0.25) is 0 Å². The van der Waals surface area contributed by atoms with Crippen molar-refractivity contribution in [3.63, 3.8) is 0 Å². The minimum atomic E-state index is -2.28. The second kappa shape index (κ2) is 0.414. The van der Waals surface area contributed by atoms with E-state index in [-0.39, 0.29) is 0 Å². The number of carbonyl (C=O) groups excluding carboxylic acids is 1. The van der Waals surface area contributed by atoms with Gasteiger partial charge in [0.15, 0.2) is 0 Å². The second-order valence-electron chi connectivity index (χ2n) is 10.2. The third-order valence-electron chi connectivity index (χ3n) is 14.7. The Hall–Kier alpha value is 0.189. The standard InChI is InChI=1S/2C5H5.C3H6O.Fe/c2*1-2-4-5-3-1;1-2-3-4;/h2*1-5H;3H,2H2,1H3;. The molecule has 0 aromatic carbocycles. The van der Waals surface area contributed by atoms with Gasteiger partial charge >= 0.3 is 54.7 Å². The van der Waals surface area contributed by atoms with Crippen molar-refractivity contribution in [2.75, 3.05) is 0 Å². The van der Waals surface area contributed by atoms with Gasteiger partial charge < -0.3 is 4.79 Å². The van der Waals surface area contributed by atoms with Gasteiger partial charge in [-0.05, 0) is 0 Å². The fraction of sp³-hybridized carbons (Fsp3) is 0.923. The summed E-state index contributed by atoms with van der Waals surface area (Å²) in [6, 6.07) is 0. The van der Waals surface area contributed by atoms with E-state index in [4.69, 9.17) is 0 Å². The van der Waals surface area contributed by atoms with Crippen LogP contribution in [0, 0.1) is 0 Å². The summed E-state index contributed by atoms with van der Waals surface area (Å²) >= 11 is 0. The molecule has 0 radical (unpaired) electrons. The van der Waals surface area contributed by atoms with Gasteiger partial charge in [0.1, 0.15) is 6.29 Å². The van der Waals surface area contributed by atoms with Gasteiger partial charge in [-0.3, -0.25) is 0 Å². The van der Waals surface area contributed by atoms with E-state index in [1.54, 1.807) is 48.2 Å². The zero-order valence-corrected chi connectivity index (χ0v) is 9.92. The van der Waals surface area contributed by atoms with E-state index in [0.717, 1.165) is 6.29 Å². The molecule has 0 aromatic heterocycles. The van der Waals surface area contributed by atoms with E-state index >= 15 is 0 Å². The van der Waals surface area contributed by atoms with Crippen LogP contribution < -0.4 is 0 Å². The molecule has 15 heavy (non-hydrogen) atoms. The number of aldehydes is 1. The monoisotopic (exact) mass is 244 g/mol. The van der Waals surface area contributed by atoms with Crippen molar-refractivity contribution in [3.05, 3.63) is 0 Å². The Morgan fingerprint density at radius 3 is 1.00 bits per heavy atom. The number of hydrogen-bond acceptors (Lipinski definition) is 1. The molecule has 10 aliphatic rings. The fourth-order valence-corrected chi connectivity index (χ4v) is 88.0. The molecule has 0 unspecified atom stereocenters. The van der Waals surface area contributed by atoms with Gasteiger partial charge in [-0.25, -0.2) is 0 Å². The molecule has 0 saturated carbocycles. The molecule has 2 heteroatoms. The van der Waals surface area contributed by atoms with Crippen LogP contribution in [0.2, 0.25) is 48.2 Å². The molecule has 0 aromatic rings. The van der Waals surface area contributed by atoms with Gasteiger partial charge in [-0.1, -0.05) is 6.92 Å². The quantitative estimate of drug-likeness (QED) is 0.503. The van der Waals surface area contributed by atoms with E-state index in [0.29, 0.717) is 6.42 Å². The molecule has 10 aliphatic heterocycles. The minimum absolute atomic E-state index is 0.639. The molecule has 10 rings (SSSR count). The van der Waals surface area contributed by atoms with Gasteiger partial charge in [0.25, 0.3) is 0 Å². The van der Waals surface area contributed by atoms with Gasteiger partial charge in [-0.2, -0.15) is 0 Å². The van der Waals surface area contributed by atoms with Crippen LogP contribution in [0.3, 0.4) is 0 Å². The zero-order chi connectivity index (χ0) is 9.50. The first-order chi connectivity index (χ1) is 7.07. The summed E-state index contributed by atoms with van der Waals surface area (Å²) in [7, 11) is 0. The van der Waals surface area contributed by atoms with Gasteiger partial charge in [0.05, 0.1) is 0 Å². The first kappa shape index (κ1) is 5.69. The molecule has 10 heterocycles. The van der Waals surface area contributed by atoms with Crippen LogP contribution in [0.1, 0.15) is 13.3 Å². The first-order valence-corrected chi connectivity index (χ1v) is 13.1. The van der Waals surface area contributed by atoms with E-state index in [9.17, 15) is 4.79 Å². The average Bonchev–Trinajstić information content (AvgIpc) is 3.18. The molecule has 0 amide bonds. The molecule has 1 spiro atoms. The van der Waals surface area contributed by atoms with Crippen LogP contribution >= 0.6 is 0 Å². The van der Waals surface area contributed by atoms with Gasteiger partial charge in [0, 0.05) is 6.42 Å². The maximum atomic E-state index is 9.17. The molecular weight excluding hydrogens is 228 g/mol. The van der Waals surface area contributed by atoms with Crippen LogP contribution in [-0.4, -0.2) is 6.29 Å². The second-order valence-corrected chi connectivity index (χ2v) is 34.1. The van der Waals surface area contributed by atoms with Crippen LogP contribution in [-0.2, 0) is 11.3 Å². The molecule has 10 saturated heterocycles. The molecular formula is C13H16FeO. The third-order valence-corrected chi connectivity index (χ3v) is 56.6. The van der Waals surface area contributed by atoms with E-state index in [2.05, 4.69) is 0 Å². The fourth-order valence-electron chi connectivity index (χ4n) is 15.8. The molecule has 0 bridgehead atoms. The van der Waals surface area contributed by atoms with E-state index in [1.807, 2.05) is 6.92 Å². The molecule has 0 atom stereocenters. The number of hydrogen-bond donors (Lipinski definition) is 0. The molecule has 1 nitrogen and oxygen atoms in total. The summed E-state index contributed by atoms with van der Waals surface area (Å²) in [5, 5.41) is 0. The summed E-state index contributed by atoms with van der Waals surface area (Å²) in [5.41, 5.74) is 0. The van der Waals surface area contributed by atoms with Crippen molar-refractivity contribution in [2.24, 2.45) is 0 Å². The van der Waals surface area contributed by atoms with Gasteiger partial charge in [-0.15, -0.1) is 0 Å². The first-order valence-electron chi connectivity index (χ1n) is 6.73. The van der Waals surface area contributed by atoms with Crippen molar-refractivity contribution in [1.29, 1.82) is 0 Å². The molecule has 0 N–H and O–H groups in total. The molecule has 0 aliphatic carbocycles. The number of rotatable bonds is 1. The molecule has 82 valence electrons. The SMILES string of the molecule is CCC=O.[CH]12[CH]3[CH]4[CH]5[CH]1[Fe]23451678[CH]2[CH]1[CH]6[CH]7[CH]28. The summed E-state index contributed by atoms with van der Waals surface area (Å²) in [6.07, 6.45) is 1.51. The van der Waals surface area contributed by atoms with Crippen LogP contribution in [0.25, 0.3) is 0 Å². The van der Waals surface area contributed by atoms with Crippen molar-refractivity contribution in [2.45, 2.75) is 61.5 Å². The van der Waals surface area contributed by atoms with Crippen molar-refractivity contribution >= 4 is 6.29 Å². The van der Waals surface area contributed by atoms with Crippen molar-refractivity contribution < 1.29 is 11.3 Å². The summed E-state index contributed by atoms with van der Waals surface area (Å²) in [4.78, 5) is 25.1. The predicted molar refractivity (Wildman–Crippen MR) is 53.9 cm³/mol. The Labute approximate surface area is 79.3 Å². The normalized spacial score (nSPS) is 127. The Morgan fingerprint density at radius 2 is 1.00 bits per heavy atom. The van der Waals surface area contributed by atoms with E-state index < -0.39 is 6.51 Å². The average molecular weight is 244 g/mol. The van der Waals surface area contributed by atoms with Crippen LogP contribution in [0.4, 0.5) is 0 Å². The Morgan fingerprint density at radius 1 is 0.800 bits per heavy atom. The Bertz CT molecular complexity index is 638. The van der Waals surface area contributed by atoms with Crippen LogP contribution in [0.5, 0.6) is 0 Å². The zero-order valence-electron chi connectivity index (χ0n) is 8.82. The van der Waals surface area contributed by atoms with Crippen molar-refractivity contribution in [1.82, 2.24) is 0 Å². The Kier molecular flexibility index (Phi) is 0.157. The van der Waals surface area contributed by atoms with E-state index in [1.165, 1.54) is 0 Å². The van der Waals surface area contributed by atoms with Crippen LogP contribution in [0.15, 0.2) is 0 Å². The third kappa shape index (κ3) is 0.0521. The number of carbonyl (C=O) groups is 1. The topological polar surface area (TPSA) is 17.1 Å². The Balaban J connectivity index is 0.000000121. The molecule has 10 fully saturated rings. The summed E-state index contributed by atoms with van der Waals surface area (Å²) < 4.78 is 0. The predicted octanol–water partition coefficient (Wildman–Crippen LogP) is 3.97. The maximum absolute atomic E-state index is 9.17. The summed E-state index contributed by atoms with van der Waals surface area (Å²) in [5.74, 6) is 0. The summed E-state index contributed by atoms with van der Waals surface area (Å²) in [6.45, 7) is -0.471. The van der Waals surface area contributed by atoms with Crippen molar-refractivity contribution in [3.8, 4) is 0 Å². The number of fused-ring (bicyclic) bond motifs is 10.